The van der Waals surface area contributed by atoms with Crippen LogP contribution < -0.4 is 5.32 Å². The van der Waals surface area contributed by atoms with Crippen LogP contribution in [0.25, 0.3) is 0 Å². The van der Waals surface area contributed by atoms with Gasteiger partial charge in [0.2, 0.25) is 0 Å². The van der Waals surface area contributed by atoms with Crippen molar-refractivity contribution in [3.63, 3.8) is 0 Å². The van der Waals surface area contributed by atoms with Crippen molar-refractivity contribution < 1.29 is 0 Å². The second-order valence-corrected chi connectivity index (χ2v) is 4.33. The molecule has 0 radical (unpaired) electrons. The van der Waals surface area contributed by atoms with Gasteiger partial charge in [-0.05, 0) is 13.3 Å². The zero-order chi connectivity index (χ0) is 10.1. The molecule has 1 atom stereocenters. The minimum atomic E-state index is 0.554. The van der Waals surface area contributed by atoms with Crippen LogP contribution in [0.15, 0.2) is 0 Å². The summed E-state index contributed by atoms with van der Waals surface area (Å²) in [7, 11) is 0. The minimum Gasteiger partial charge on any atom is -0.314 e. The topological polar surface area (TPSA) is 42.7 Å². The lowest BCUT2D eigenvalue weighted by Gasteiger charge is -2.26. The lowest BCUT2D eigenvalue weighted by Crippen LogP contribution is -2.41. The number of hydrogen-bond donors (Lipinski definition) is 1. The Balaban J connectivity index is 2.08. The zero-order valence-corrected chi connectivity index (χ0v) is 9.12. The molecule has 1 aliphatic rings. The van der Waals surface area contributed by atoms with E-state index in [4.69, 9.17) is 0 Å². The van der Waals surface area contributed by atoms with Gasteiger partial charge in [-0.25, -0.2) is 0 Å². The maximum absolute atomic E-state index is 4.16. The van der Waals surface area contributed by atoms with E-state index in [9.17, 15) is 0 Å². The highest BCUT2D eigenvalue weighted by atomic mass is 15.3. The van der Waals surface area contributed by atoms with Crippen molar-refractivity contribution in [2.75, 3.05) is 0 Å². The second-order valence-electron chi connectivity index (χ2n) is 4.33. The number of rotatable bonds is 2. The van der Waals surface area contributed by atoms with Crippen LogP contribution >= 0.6 is 0 Å². The van der Waals surface area contributed by atoms with Gasteiger partial charge in [0.1, 0.15) is 11.6 Å². The van der Waals surface area contributed by atoms with Gasteiger partial charge < -0.3 is 9.88 Å². The summed E-state index contributed by atoms with van der Waals surface area (Å²) in [5, 5.41) is 11.8. The molecule has 0 aliphatic carbocycles. The summed E-state index contributed by atoms with van der Waals surface area (Å²) in [5.74, 6) is 2.18. The first-order valence-electron chi connectivity index (χ1n) is 5.31. The van der Waals surface area contributed by atoms with Crippen LogP contribution in [0.3, 0.4) is 0 Å². The van der Waals surface area contributed by atoms with E-state index in [0.717, 1.165) is 24.6 Å². The largest absolute Gasteiger partial charge is 0.314 e. The van der Waals surface area contributed by atoms with Gasteiger partial charge in [-0.1, -0.05) is 13.8 Å². The van der Waals surface area contributed by atoms with E-state index in [0.29, 0.717) is 12.1 Å². The van der Waals surface area contributed by atoms with Gasteiger partial charge >= 0.3 is 0 Å². The van der Waals surface area contributed by atoms with Gasteiger partial charge in [0.05, 0.1) is 0 Å². The van der Waals surface area contributed by atoms with Crippen molar-refractivity contribution in [3.8, 4) is 0 Å². The van der Waals surface area contributed by atoms with E-state index in [2.05, 4.69) is 33.9 Å². The van der Waals surface area contributed by atoms with Gasteiger partial charge in [0.25, 0.3) is 0 Å². The predicted octanol–water partition coefficient (Wildman–Crippen LogP) is 0.899. The van der Waals surface area contributed by atoms with E-state index >= 15 is 0 Å². The lowest BCUT2D eigenvalue weighted by molar-refractivity contribution is 0.354. The fourth-order valence-electron chi connectivity index (χ4n) is 2.07. The van der Waals surface area contributed by atoms with Gasteiger partial charge in [-0.3, -0.25) is 0 Å². The van der Waals surface area contributed by atoms with Gasteiger partial charge in [-0.2, -0.15) is 0 Å². The fraction of sp³-hybridized carbons (Fsp3) is 0.800. The number of nitrogens with one attached hydrogen (secondary N) is 1. The minimum absolute atomic E-state index is 0.554. The Morgan fingerprint density at radius 2 is 2.21 bits per heavy atom. The molecular weight excluding hydrogens is 176 g/mol. The maximum Gasteiger partial charge on any atom is 0.133 e. The molecule has 0 saturated heterocycles. The smallest absolute Gasteiger partial charge is 0.133 e. The predicted molar refractivity (Wildman–Crippen MR) is 55.1 cm³/mol. The van der Waals surface area contributed by atoms with Crippen LogP contribution in [0.2, 0.25) is 0 Å². The first-order valence-corrected chi connectivity index (χ1v) is 5.31. The molecule has 1 aromatic heterocycles. The number of hydrogen-bond acceptors (Lipinski definition) is 3. The van der Waals surface area contributed by atoms with Crippen LogP contribution in [0, 0.1) is 6.92 Å². The van der Waals surface area contributed by atoms with Crippen LogP contribution in [0.1, 0.15) is 31.9 Å². The Bertz CT molecular complexity index is 316. The highest BCUT2D eigenvalue weighted by Gasteiger charge is 2.21. The van der Waals surface area contributed by atoms with Crippen molar-refractivity contribution >= 4 is 0 Å². The van der Waals surface area contributed by atoms with E-state index in [1.54, 1.807) is 0 Å². The molecule has 0 amide bonds. The summed E-state index contributed by atoms with van der Waals surface area (Å²) in [5.41, 5.74) is 0. The van der Waals surface area contributed by atoms with Crippen molar-refractivity contribution in [2.24, 2.45) is 0 Å². The molecule has 4 nitrogen and oxygen atoms in total. The van der Waals surface area contributed by atoms with E-state index in [1.165, 1.54) is 6.42 Å². The second kappa shape index (κ2) is 3.69. The standard InChI is InChI=1S/C10H18N4/c1-7(2)11-9-4-5-10-13-12-8(3)14(10)6-9/h7,9,11H,4-6H2,1-3H3. The average Bonchev–Trinajstić information content (AvgIpc) is 2.47. The Kier molecular flexibility index (Phi) is 2.54. The molecule has 0 bridgehead atoms. The molecule has 14 heavy (non-hydrogen) atoms. The number of fused-ring (bicyclic) bond motifs is 1. The molecule has 2 rings (SSSR count). The quantitative estimate of drug-likeness (QED) is 0.760. The van der Waals surface area contributed by atoms with Crippen LogP contribution in [-0.2, 0) is 13.0 Å². The summed E-state index contributed by atoms with van der Waals surface area (Å²) < 4.78 is 2.23. The monoisotopic (exact) mass is 194 g/mol. The molecule has 1 aromatic rings. The summed E-state index contributed by atoms with van der Waals surface area (Å²) in [4.78, 5) is 0. The molecule has 4 heteroatoms. The molecule has 2 heterocycles. The SMILES string of the molecule is Cc1nnc2n1CC(NC(C)C)CC2. The third kappa shape index (κ3) is 1.80. The highest BCUT2D eigenvalue weighted by molar-refractivity contribution is 4.99. The molecule has 78 valence electrons. The summed E-state index contributed by atoms with van der Waals surface area (Å²) in [6.07, 6.45) is 2.22. The van der Waals surface area contributed by atoms with E-state index in [-0.39, 0.29) is 0 Å². The highest BCUT2D eigenvalue weighted by Crippen LogP contribution is 2.14. The van der Waals surface area contributed by atoms with E-state index in [1.807, 2.05) is 6.92 Å². The first-order chi connectivity index (χ1) is 6.66. The lowest BCUT2D eigenvalue weighted by atomic mass is 10.1. The van der Waals surface area contributed by atoms with E-state index < -0.39 is 0 Å². The molecular formula is C10H18N4. The normalized spacial score (nSPS) is 21.3. The van der Waals surface area contributed by atoms with Crippen molar-refractivity contribution in [3.05, 3.63) is 11.6 Å². The summed E-state index contributed by atoms with van der Waals surface area (Å²) >= 11 is 0. The number of aryl methyl sites for hydroxylation is 2. The Morgan fingerprint density at radius 3 is 2.93 bits per heavy atom. The van der Waals surface area contributed by atoms with Crippen molar-refractivity contribution in [2.45, 2.75) is 52.2 Å². The molecule has 0 aromatic carbocycles. The molecule has 0 spiro atoms. The van der Waals surface area contributed by atoms with Crippen LogP contribution in [0.4, 0.5) is 0 Å². The molecule has 1 N–H and O–H groups in total. The number of aromatic nitrogens is 3. The maximum atomic E-state index is 4.16. The molecule has 1 unspecified atom stereocenters. The van der Waals surface area contributed by atoms with Crippen molar-refractivity contribution in [1.82, 2.24) is 20.1 Å². The van der Waals surface area contributed by atoms with Gasteiger partial charge in [-0.15, -0.1) is 10.2 Å². The Labute approximate surface area is 84.7 Å². The summed E-state index contributed by atoms with van der Waals surface area (Å²) in [6.45, 7) is 7.42. The third-order valence-electron chi connectivity index (χ3n) is 2.70. The molecule has 0 saturated carbocycles. The Hall–Kier alpha value is -0.900. The zero-order valence-electron chi connectivity index (χ0n) is 9.12. The van der Waals surface area contributed by atoms with Crippen LogP contribution in [-0.4, -0.2) is 26.8 Å². The van der Waals surface area contributed by atoms with Gasteiger partial charge in [0, 0.05) is 25.0 Å². The number of nitrogens with zero attached hydrogens (tertiary/aromatic N) is 3. The van der Waals surface area contributed by atoms with Crippen molar-refractivity contribution in [1.29, 1.82) is 0 Å². The fourth-order valence-corrected chi connectivity index (χ4v) is 2.07. The third-order valence-corrected chi connectivity index (χ3v) is 2.70. The first kappa shape index (κ1) is 9.65. The average molecular weight is 194 g/mol. The van der Waals surface area contributed by atoms with Crippen LogP contribution in [0.5, 0.6) is 0 Å². The van der Waals surface area contributed by atoms with Gasteiger partial charge in [0.15, 0.2) is 0 Å². The molecule has 0 fully saturated rings. The molecule has 1 aliphatic heterocycles. The summed E-state index contributed by atoms with van der Waals surface area (Å²) in [6, 6.07) is 1.13. The Morgan fingerprint density at radius 1 is 1.43 bits per heavy atom.